The van der Waals surface area contributed by atoms with Gasteiger partial charge in [0, 0.05) is 11.6 Å². The third kappa shape index (κ3) is 4.20. The van der Waals surface area contributed by atoms with Gasteiger partial charge >= 0.3 is 0 Å². The average molecular weight is 344 g/mol. The van der Waals surface area contributed by atoms with Crippen LogP contribution in [0, 0.1) is 0 Å². The third-order valence-corrected chi connectivity index (χ3v) is 4.07. The van der Waals surface area contributed by atoms with Crippen molar-refractivity contribution >= 4 is 23.2 Å². The molecule has 0 bridgehead atoms. The van der Waals surface area contributed by atoms with Gasteiger partial charge in [-0.05, 0) is 45.5 Å². The van der Waals surface area contributed by atoms with Crippen molar-refractivity contribution in [3.63, 3.8) is 0 Å². The minimum atomic E-state index is -0.333. The standard InChI is InChI=1S/C15H19Cl2N3O2/c1-9(21)6-7-20(3)10(2)14-18-19-15(22-14)12-5-4-11(16)8-13(12)17/h4-5,8-10,21H,6-7H2,1-3H3. The number of halogens is 2. The third-order valence-electron chi connectivity index (χ3n) is 3.52. The summed E-state index contributed by atoms with van der Waals surface area (Å²) in [6.07, 6.45) is 0.353. The summed E-state index contributed by atoms with van der Waals surface area (Å²) in [5.74, 6) is 0.876. The molecule has 22 heavy (non-hydrogen) atoms. The van der Waals surface area contributed by atoms with Gasteiger partial charge in [0.15, 0.2) is 0 Å². The molecule has 0 saturated heterocycles. The summed E-state index contributed by atoms with van der Waals surface area (Å²) < 4.78 is 5.73. The van der Waals surface area contributed by atoms with Crippen molar-refractivity contribution in [2.75, 3.05) is 13.6 Å². The maximum Gasteiger partial charge on any atom is 0.249 e. The topological polar surface area (TPSA) is 62.4 Å². The highest BCUT2D eigenvalue weighted by atomic mass is 35.5. The van der Waals surface area contributed by atoms with E-state index in [2.05, 4.69) is 10.2 Å². The molecule has 1 aromatic carbocycles. The molecule has 0 radical (unpaired) electrons. The lowest BCUT2D eigenvalue weighted by molar-refractivity contribution is 0.146. The van der Waals surface area contributed by atoms with Crippen LogP contribution >= 0.6 is 23.2 Å². The van der Waals surface area contributed by atoms with E-state index in [1.807, 2.05) is 18.9 Å². The lowest BCUT2D eigenvalue weighted by Crippen LogP contribution is -2.26. The molecule has 2 atom stereocenters. The van der Waals surface area contributed by atoms with Crippen LogP contribution in [0.3, 0.4) is 0 Å². The number of aliphatic hydroxyl groups is 1. The van der Waals surface area contributed by atoms with Gasteiger partial charge < -0.3 is 9.52 Å². The van der Waals surface area contributed by atoms with Crippen LogP contribution in [0.5, 0.6) is 0 Å². The number of hydrogen-bond donors (Lipinski definition) is 1. The van der Waals surface area contributed by atoms with E-state index in [-0.39, 0.29) is 12.1 Å². The number of hydrogen-bond acceptors (Lipinski definition) is 5. The minimum absolute atomic E-state index is 0.0499. The first-order valence-corrected chi connectivity index (χ1v) is 7.81. The van der Waals surface area contributed by atoms with E-state index >= 15 is 0 Å². The van der Waals surface area contributed by atoms with Gasteiger partial charge in [0.25, 0.3) is 0 Å². The summed E-state index contributed by atoms with van der Waals surface area (Å²) in [4.78, 5) is 2.05. The fourth-order valence-electron chi connectivity index (χ4n) is 1.95. The quantitative estimate of drug-likeness (QED) is 0.863. The molecular formula is C15H19Cl2N3O2. The molecule has 0 spiro atoms. The van der Waals surface area contributed by atoms with Crippen molar-refractivity contribution in [2.24, 2.45) is 0 Å². The molecule has 0 aliphatic heterocycles. The van der Waals surface area contributed by atoms with Crippen molar-refractivity contribution in [3.05, 3.63) is 34.1 Å². The maximum absolute atomic E-state index is 9.36. The molecule has 120 valence electrons. The normalized spacial score (nSPS) is 14.3. The molecule has 0 amide bonds. The Bertz CT molecular complexity index is 631. The highest BCUT2D eigenvalue weighted by Crippen LogP contribution is 2.30. The fraction of sp³-hybridized carbons (Fsp3) is 0.467. The lowest BCUT2D eigenvalue weighted by Gasteiger charge is -2.22. The van der Waals surface area contributed by atoms with E-state index in [0.717, 1.165) is 6.54 Å². The Hall–Kier alpha value is -1.14. The van der Waals surface area contributed by atoms with Crippen LogP contribution in [0.2, 0.25) is 10.0 Å². The fourth-order valence-corrected chi connectivity index (χ4v) is 2.44. The first-order valence-electron chi connectivity index (χ1n) is 7.05. The monoisotopic (exact) mass is 343 g/mol. The zero-order valence-electron chi connectivity index (χ0n) is 12.8. The molecule has 0 saturated carbocycles. The van der Waals surface area contributed by atoms with E-state index < -0.39 is 0 Å². The Morgan fingerprint density at radius 3 is 2.64 bits per heavy atom. The molecule has 7 heteroatoms. The van der Waals surface area contributed by atoms with Gasteiger partial charge in [0.05, 0.1) is 22.7 Å². The van der Waals surface area contributed by atoms with Gasteiger partial charge in [-0.1, -0.05) is 23.2 Å². The number of rotatable bonds is 6. The maximum atomic E-state index is 9.36. The largest absolute Gasteiger partial charge is 0.419 e. The molecule has 2 aromatic rings. The van der Waals surface area contributed by atoms with E-state index in [1.54, 1.807) is 25.1 Å². The van der Waals surface area contributed by atoms with Crippen LogP contribution in [-0.2, 0) is 0 Å². The van der Waals surface area contributed by atoms with Gasteiger partial charge in [0.2, 0.25) is 11.8 Å². The summed E-state index contributed by atoms with van der Waals surface area (Å²) in [6.45, 7) is 4.48. The Kier molecular flexibility index (Phi) is 5.81. The van der Waals surface area contributed by atoms with Crippen molar-refractivity contribution in [3.8, 4) is 11.5 Å². The van der Waals surface area contributed by atoms with E-state index in [1.165, 1.54) is 0 Å². The number of benzene rings is 1. The molecule has 1 aromatic heterocycles. The molecule has 0 aliphatic rings. The summed E-state index contributed by atoms with van der Waals surface area (Å²) in [6, 6.07) is 5.07. The van der Waals surface area contributed by atoms with Crippen molar-refractivity contribution < 1.29 is 9.52 Å². The van der Waals surface area contributed by atoms with E-state index in [9.17, 15) is 5.11 Å². The van der Waals surface area contributed by atoms with Crippen LogP contribution < -0.4 is 0 Å². The second-order valence-corrected chi connectivity index (χ2v) is 6.21. The summed E-state index contributed by atoms with van der Waals surface area (Å²) in [5.41, 5.74) is 0.656. The second kappa shape index (κ2) is 7.42. The Labute approximate surface area is 139 Å². The van der Waals surface area contributed by atoms with Crippen LogP contribution in [0.4, 0.5) is 0 Å². The molecule has 2 rings (SSSR count). The highest BCUT2D eigenvalue weighted by Gasteiger charge is 2.20. The Balaban J connectivity index is 2.13. The smallest absolute Gasteiger partial charge is 0.249 e. The van der Waals surface area contributed by atoms with Crippen molar-refractivity contribution in [1.29, 1.82) is 0 Å². The van der Waals surface area contributed by atoms with Crippen LogP contribution in [0.25, 0.3) is 11.5 Å². The van der Waals surface area contributed by atoms with Gasteiger partial charge in [-0.3, -0.25) is 4.90 Å². The van der Waals surface area contributed by atoms with Crippen LogP contribution in [0.1, 0.15) is 32.2 Å². The molecule has 5 nitrogen and oxygen atoms in total. The Morgan fingerprint density at radius 2 is 2.00 bits per heavy atom. The predicted molar refractivity (Wildman–Crippen MR) is 87.1 cm³/mol. The summed E-state index contributed by atoms with van der Waals surface area (Å²) in [5, 5.41) is 18.5. The summed E-state index contributed by atoms with van der Waals surface area (Å²) in [7, 11) is 1.95. The predicted octanol–water partition coefficient (Wildman–Crippen LogP) is 3.81. The van der Waals surface area contributed by atoms with Gasteiger partial charge in [-0.25, -0.2) is 0 Å². The van der Waals surface area contributed by atoms with Gasteiger partial charge in [0.1, 0.15) is 0 Å². The van der Waals surface area contributed by atoms with Crippen LogP contribution in [-0.4, -0.2) is 39.9 Å². The van der Waals surface area contributed by atoms with Gasteiger partial charge in [-0.2, -0.15) is 0 Å². The number of nitrogens with zero attached hydrogens (tertiary/aromatic N) is 3. The molecule has 1 N–H and O–H groups in total. The van der Waals surface area contributed by atoms with Crippen LogP contribution in [0.15, 0.2) is 22.6 Å². The average Bonchev–Trinajstić information content (AvgIpc) is 2.93. The molecule has 0 aliphatic carbocycles. The first kappa shape index (κ1) is 17.2. The first-order chi connectivity index (χ1) is 10.4. The molecule has 0 fully saturated rings. The lowest BCUT2D eigenvalue weighted by atomic mass is 10.2. The van der Waals surface area contributed by atoms with E-state index in [4.69, 9.17) is 27.6 Å². The molecular weight excluding hydrogens is 325 g/mol. The Morgan fingerprint density at radius 1 is 1.27 bits per heavy atom. The van der Waals surface area contributed by atoms with Crippen molar-refractivity contribution in [1.82, 2.24) is 15.1 Å². The minimum Gasteiger partial charge on any atom is -0.419 e. The zero-order chi connectivity index (χ0) is 16.3. The number of aliphatic hydroxyl groups excluding tert-OH is 1. The number of aromatic nitrogens is 2. The second-order valence-electron chi connectivity index (χ2n) is 5.36. The summed E-state index contributed by atoms with van der Waals surface area (Å²) >= 11 is 12.0. The van der Waals surface area contributed by atoms with Crippen molar-refractivity contribution in [2.45, 2.75) is 32.4 Å². The van der Waals surface area contributed by atoms with Gasteiger partial charge in [-0.15, -0.1) is 10.2 Å². The SMILES string of the molecule is CC(O)CCN(C)C(C)c1nnc(-c2ccc(Cl)cc2Cl)o1. The molecule has 2 unspecified atom stereocenters. The van der Waals surface area contributed by atoms with E-state index in [0.29, 0.717) is 33.8 Å². The molecule has 1 heterocycles. The highest BCUT2D eigenvalue weighted by molar-refractivity contribution is 6.36. The zero-order valence-corrected chi connectivity index (χ0v) is 14.3.